The van der Waals surface area contributed by atoms with E-state index in [0.717, 1.165) is 11.3 Å². The fourth-order valence-electron chi connectivity index (χ4n) is 2.05. The molecule has 0 saturated heterocycles. The SMILES string of the molecule is CC(N[C@@H](C)c1ccco1)c1cccc(S(N)(=O)=O)c1. The number of furan rings is 1. The number of hydrogen-bond donors (Lipinski definition) is 2. The molecule has 20 heavy (non-hydrogen) atoms. The van der Waals surface area contributed by atoms with Crippen LogP contribution in [0.1, 0.15) is 37.3 Å². The van der Waals surface area contributed by atoms with Gasteiger partial charge in [0.2, 0.25) is 10.0 Å². The molecule has 0 fully saturated rings. The summed E-state index contributed by atoms with van der Waals surface area (Å²) < 4.78 is 28.0. The van der Waals surface area contributed by atoms with Crippen molar-refractivity contribution in [2.45, 2.75) is 30.8 Å². The Morgan fingerprint density at radius 1 is 1.15 bits per heavy atom. The normalized spacial score (nSPS) is 14.9. The largest absolute Gasteiger partial charge is 0.468 e. The predicted molar refractivity (Wildman–Crippen MR) is 76.5 cm³/mol. The number of hydrogen-bond acceptors (Lipinski definition) is 4. The van der Waals surface area contributed by atoms with Crippen LogP contribution >= 0.6 is 0 Å². The number of benzene rings is 1. The van der Waals surface area contributed by atoms with Gasteiger partial charge in [0.15, 0.2) is 0 Å². The summed E-state index contributed by atoms with van der Waals surface area (Å²) in [5, 5.41) is 8.49. The van der Waals surface area contributed by atoms with Gasteiger partial charge in [0, 0.05) is 6.04 Å². The molecule has 0 aliphatic carbocycles. The van der Waals surface area contributed by atoms with Gasteiger partial charge in [0.25, 0.3) is 0 Å². The molecule has 0 spiro atoms. The van der Waals surface area contributed by atoms with Gasteiger partial charge >= 0.3 is 0 Å². The van der Waals surface area contributed by atoms with E-state index in [0.29, 0.717) is 0 Å². The Bertz CT molecular complexity index is 665. The summed E-state index contributed by atoms with van der Waals surface area (Å²) >= 11 is 0. The zero-order chi connectivity index (χ0) is 14.8. The van der Waals surface area contributed by atoms with Crippen molar-refractivity contribution in [3.63, 3.8) is 0 Å². The first-order chi connectivity index (χ1) is 9.38. The quantitative estimate of drug-likeness (QED) is 0.886. The van der Waals surface area contributed by atoms with Gasteiger partial charge in [-0.15, -0.1) is 0 Å². The average Bonchev–Trinajstić information content (AvgIpc) is 2.91. The Balaban J connectivity index is 2.15. The molecule has 1 heterocycles. The molecule has 6 heteroatoms. The van der Waals surface area contributed by atoms with Gasteiger partial charge in [-0.3, -0.25) is 0 Å². The van der Waals surface area contributed by atoms with E-state index >= 15 is 0 Å². The lowest BCUT2D eigenvalue weighted by atomic mass is 10.1. The van der Waals surface area contributed by atoms with Crippen molar-refractivity contribution >= 4 is 10.0 Å². The molecular formula is C14H18N2O3S. The smallest absolute Gasteiger partial charge is 0.238 e. The van der Waals surface area contributed by atoms with Gasteiger partial charge in [-0.1, -0.05) is 12.1 Å². The topological polar surface area (TPSA) is 85.3 Å². The minimum absolute atomic E-state index is 0.0261. The van der Waals surface area contributed by atoms with Crippen LogP contribution in [-0.2, 0) is 10.0 Å². The zero-order valence-corrected chi connectivity index (χ0v) is 12.2. The predicted octanol–water partition coefficient (Wildman–Crippen LogP) is 2.34. The number of nitrogens with two attached hydrogens (primary N) is 1. The van der Waals surface area contributed by atoms with Crippen LogP contribution in [0.4, 0.5) is 0 Å². The van der Waals surface area contributed by atoms with Crippen molar-refractivity contribution in [2.75, 3.05) is 0 Å². The van der Waals surface area contributed by atoms with Crippen LogP contribution in [0, 0.1) is 0 Å². The van der Waals surface area contributed by atoms with Gasteiger partial charge < -0.3 is 9.73 Å². The molecule has 2 aromatic rings. The molecule has 1 aromatic carbocycles. The van der Waals surface area contributed by atoms with Gasteiger partial charge in [-0.25, -0.2) is 13.6 Å². The third-order valence-corrected chi connectivity index (χ3v) is 4.07. The highest BCUT2D eigenvalue weighted by molar-refractivity contribution is 7.89. The minimum Gasteiger partial charge on any atom is -0.468 e. The Morgan fingerprint density at radius 2 is 1.90 bits per heavy atom. The standard InChI is InChI=1S/C14H18N2O3S/c1-10(16-11(2)14-7-4-8-19-14)12-5-3-6-13(9-12)20(15,17)18/h3-11,16H,1-2H3,(H2,15,17,18)/t10?,11-/m0/s1. The van der Waals surface area contributed by atoms with Gasteiger partial charge in [-0.05, 0) is 43.7 Å². The molecular weight excluding hydrogens is 276 g/mol. The summed E-state index contributed by atoms with van der Waals surface area (Å²) in [4.78, 5) is 0.120. The zero-order valence-electron chi connectivity index (χ0n) is 11.4. The Labute approximate surface area is 118 Å². The Kier molecular flexibility index (Phi) is 4.27. The summed E-state index contributed by atoms with van der Waals surface area (Å²) in [6.07, 6.45) is 1.62. The molecule has 0 aliphatic heterocycles. The number of nitrogens with one attached hydrogen (secondary N) is 1. The molecule has 0 radical (unpaired) electrons. The van der Waals surface area contributed by atoms with Crippen LogP contribution in [-0.4, -0.2) is 8.42 Å². The first-order valence-corrected chi connectivity index (χ1v) is 7.85. The second-order valence-electron chi connectivity index (χ2n) is 4.74. The summed E-state index contributed by atoms with van der Waals surface area (Å²) in [6, 6.07) is 10.3. The van der Waals surface area contributed by atoms with E-state index in [1.54, 1.807) is 18.4 Å². The van der Waals surface area contributed by atoms with E-state index in [1.807, 2.05) is 32.0 Å². The first-order valence-electron chi connectivity index (χ1n) is 6.30. The second kappa shape index (κ2) is 5.78. The monoisotopic (exact) mass is 294 g/mol. The molecule has 1 unspecified atom stereocenters. The summed E-state index contributed by atoms with van der Waals surface area (Å²) in [5.74, 6) is 0.833. The van der Waals surface area contributed by atoms with Gasteiger partial charge in [0.1, 0.15) is 5.76 Å². The first kappa shape index (κ1) is 14.8. The van der Waals surface area contributed by atoms with Crippen molar-refractivity contribution in [1.29, 1.82) is 0 Å². The van der Waals surface area contributed by atoms with Gasteiger partial charge in [-0.2, -0.15) is 0 Å². The molecule has 5 nitrogen and oxygen atoms in total. The number of sulfonamides is 1. The van der Waals surface area contributed by atoms with Crippen molar-refractivity contribution in [2.24, 2.45) is 5.14 Å². The highest BCUT2D eigenvalue weighted by Gasteiger charge is 2.15. The van der Waals surface area contributed by atoms with E-state index in [4.69, 9.17) is 9.56 Å². The van der Waals surface area contributed by atoms with E-state index in [2.05, 4.69) is 5.32 Å². The van der Waals surface area contributed by atoms with Crippen LogP contribution < -0.4 is 10.5 Å². The van der Waals surface area contributed by atoms with Crippen molar-refractivity contribution < 1.29 is 12.8 Å². The van der Waals surface area contributed by atoms with Crippen LogP contribution in [0.3, 0.4) is 0 Å². The Morgan fingerprint density at radius 3 is 2.50 bits per heavy atom. The number of primary sulfonamides is 1. The molecule has 3 N–H and O–H groups in total. The highest BCUT2D eigenvalue weighted by Crippen LogP contribution is 2.21. The third kappa shape index (κ3) is 3.47. The number of rotatable bonds is 5. The van der Waals surface area contributed by atoms with E-state index in [9.17, 15) is 8.42 Å². The van der Waals surface area contributed by atoms with Crippen LogP contribution in [0.5, 0.6) is 0 Å². The average molecular weight is 294 g/mol. The maximum absolute atomic E-state index is 11.4. The van der Waals surface area contributed by atoms with E-state index in [1.165, 1.54) is 6.07 Å². The van der Waals surface area contributed by atoms with Crippen molar-refractivity contribution in [1.82, 2.24) is 5.32 Å². The molecule has 108 valence electrons. The van der Waals surface area contributed by atoms with E-state index < -0.39 is 10.0 Å². The molecule has 0 aliphatic rings. The van der Waals surface area contributed by atoms with Crippen LogP contribution in [0.25, 0.3) is 0 Å². The molecule has 1 aromatic heterocycles. The fourth-order valence-corrected chi connectivity index (χ4v) is 2.62. The summed E-state index contributed by atoms with van der Waals surface area (Å²) in [6.45, 7) is 3.94. The molecule has 0 amide bonds. The Hall–Kier alpha value is -1.63. The van der Waals surface area contributed by atoms with Crippen molar-refractivity contribution in [3.8, 4) is 0 Å². The molecule has 2 rings (SSSR count). The van der Waals surface area contributed by atoms with Crippen molar-refractivity contribution in [3.05, 3.63) is 54.0 Å². The van der Waals surface area contributed by atoms with Gasteiger partial charge in [0.05, 0.1) is 17.2 Å². The molecule has 0 bridgehead atoms. The summed E-state index contributed by atoms with van der Waals surface area (Å²) in [7, 11) is -3.68. The lowest BCUT2D eigenvalue weighted by Gasteiger charge is -2.19. The van der Waals surface area contributed by atoms with E-state index in [-0.39, 0.29) is 17.0 Å². The molecule has 2 atom stereocenters. The maximum atomic E-state index is 11.4. The van der Waals surface area contributed by atoms with Crippen LogP contribution in [0.2, 0.25) is 0 Å². The third-order valence-electron chi connectivity index (χ3n) is 3.16. The summed E-state index contributed by atoms with van der Waals surface area (Å²) in [5.41, 5.74) is 0.856. The second-order valence-corrected chi connectivity index (χ2v) is 6.30. The minimum atomic E-state index is -3.68. The molecule has 0 saturated carbocycles. The lowest BCUT2D eigenvalue weighted by Crippen LogP contribution is -2.22. The highest BCUT2D eigenvalue weighted by atomic mass is 32.2. The fraction of sp³-hybridized carbons (Fsp3) is 0.286. The maximum Gasteiger partial charge on any atom is 0.238 e. The van der Waals surface area contributed by atoms with Crippen LogP contribution in [0.15, 0.2) is 52.0 Å². The lowest BCUT2D eigenvalue weighted by molar-refractivity contribution is 0.402.